The van der Waals surface area contributed by atoms with E-state index in [0.29, 0.717) is 24.0 Å². The van der Waals surface area contributed by atoms with Gasteiger partial charge in [0.1, 0.15) is 6.54 Å². The lowest BCUT2D eigenvalue weighted by Gasteiger charge is -2.14. The van der Waals surface area contributed by atoms with Gasteiger partial charge in [0.25, 0.3) is 5.91 Å². The van der Waals surface area contributed by atoms with Gasteiger partial charge in [-0.25, -0.2) is 0 Å². The first-order valence-corrected chi connectivity index (χ1v) is 8.75. The molecule has 1 aromatic heterocycles. The summed E-state index contributed by atoms with van der Waals surface area (Å²) in [4.78, 5) is 23.1. The van der Waals surface area contributed by atoms with Gasteiger partial charge in [0, 0.05) is 17.8 Å². The summed E-state index contributed by atoms with van der Waals surface area (Å²) in [5, 5.41) is 15.6. The summed E-state index contributed by atoms with van der Waals surface area (Å²) in [7, 11) is 1.47. The second-order valence-corrected chi connectivity index (χ2v) is 6.67. The highest BCUT2D eigenvalue weighted by atomic mass is 35.5. The number of benzene rings is 1. The van der Waals surface area contributed by atoms with E-state index in [1.807, 2.05) is 0 Å². The Morgan fingerprint density at radius 3 is 2.74 bits per heavy atom. The summed E-state index contributed by atoms with van der Waals surface area (Å²) in [6.07, 6.45) is 2.32. The Labute approximate surface area is 162 Å². The monoisotopic (exact) mass is 395 g/mol. The maximum Gasteiger partial charge on any atom is 0.325 e. The maximum atomic E-state index is 12.4. The highest BCUT2D eigenvalue weighted by Gasteiger charge is 2.17. The number of aromatic nitrogens is 2. The smallest absolute Gasteiger partial charge is 0.325 e. The van der Waals surface area contributed by atoms with Crippen molar-refractivity contribution in [3.63, 3.8) is 0 Å². The van der Waals surface area contributed by atoms with E-state index < -0.39 is 11.9 Å². The molecule has 0 saturated carbocycles. The van der Waals surface area contributed by atoms with Crippen molar-refractivity contribution in [2.75, 3.05) is 19.0 Å². The molecular formula is C18H22ClN3O5. The molecule has 0 spiro atoms. The summed E-state index contributed by atoms with van der Waals surface area (Å²) in [6.45, 7) is 4.37. The van der Waals surface area contributed by atoms with Crippen LogP contribution in [-0.2, 0) is 11.3 Å². The van der Waals surface area contributed by atoms with Gasteiger partial charge in [-0.2, -0.15) is 5.10 Å². The van der Waals surface area contributed by atoms with Crippen molar-refractivity contribution in [2.24, 2.45) is 5.92 Å². The molecule has 8 nitrogen and oxygen atoms in total. The number of nitrogens with zero attached hydrogens (tertiary/aromatic N) is 2. The summed E-state index contributed by atoms with van der Waals surface area (Å²) in [5.41, 5.74) is 0.265. The highest BCUT2D eigenvalue weighted by Crippen LogP contribution is 2.36. The van der Waals surface area contributed by atoms with Gasteiger partial charge >= 0.3 is 5.97 Å². The van der Waals surface area contributed by atoms with Gasteiger partial charge in [0.05, 0.1) is 18.7 Å². The van der Waals surface area contributed by atoms with Crippen molar-refractivity contribution < 1.29 is 24.2 Å². The van der Waals surface area contributed by atoms with E-state index in [4.69, 9.17) is 26.2 Å². The number of halogens is 1. The molecule has 1 amide bonds. The molecule has 0 fully saturated rings. The van der Waals surface area contributed by atoms with Crippen LogP contribution in [0.25, 0.3) is 0 Å². The largest absolute Gasteiger partial charge is 0.493 e. The highest BCUT2D eigenvalue weighted by molar-refractivity contribution is 6.32. The van der Waals surface area contributed by atoms with Crippen LogP contribution in [0.4, 0.5) is 5.82 Å². The maximum absolute atomic E-state index is 12.4. The van der Waals surface area contributed by atoms with Crippen LogP contribution in [-0.4, -0.2) is 40.5 Å². The molecule has 0 aliphatic rings. The Morgan fingerprint density at radius 1 is 1.37 bits per heavy atom. The number of methoxy groups -OCH3 is 1. The minimum Gasteiger partial charge on any atom is -0.493 e. The molecule has 1 aromatic carbocycles. The van der Waals surface area contributed by atoms with E-state index in [1.165, 1.54) is 36.2 Å². The van der Waals surface area contributed by atoms with Crippen LogP contribution in [0.5, 0.6) is 11.5 Å². The fourth-order valence-corrected chi connectivity index (χ4v) is 2.50. The number of amides is 1. The Hall–Kier alpha value is -2.74. The van der Waals surface area contributed by atoms with Crippen molar-refractivity contribution in [1.82, 2.24) is 9.78 Å². The number of carbonyl (C=O) groups is 2. The first-order chi connectivity index (χ1) is 12.8. The Kier molecular flexibility index (Phi) is 7.06. The minimum absolute atomic E-state index is 0.230. The fraction of sp³-hybridized carbons (Fsp3) is 0.389. The van der Waals surface area contributed by atoms with Crippen molar-refractivity contribution in [3.05, 3.63) is 35.0 Å². The van der Waals surface area contributed by atoms with Crippen molar-refractivity contribution >= 4 is 29.3 Å². The van der Waals surface area contributed by atoms with Crippen LogP contribution in [0.15, 0.2) is 24.4 Å². The second kappa shape index (κ2) is 9.27. The number of anilines is 1. The lowest BCUT2D eigenvalue weighted by molar-refractivity contribution is -0.137. The standard InChI is InChI=1S/C18H22ClN3O5/c1-11(2)5-7-27-17-13(19)8-12(9-14(17)26-3)18(25)20-15-4-6-22(21-15)10-16(23)24/h4,6,8-9,11H,5,7,10H2,1-3H3,(H,23,24)(H,20,21,25). The number of hydrogen-bond donors (Lipinski definition) is 2. The minimum atomic E-state index is -1.03. The van der Waals surface area contributed by atoms with Crippen LogP contribution >= 0.6 is 11.6 Å². The molecule has 1 heterocycles. The fourth-order valence-electron chi connectivity index (χ4n) is 2.23. The number of nitrogens with one attached hydrogen (secondary N) is 1. The van der Waals surface area contributed by atoms with Gasteiger partial charge in [-0.3, -0.25) is 14.3 Å². The van der Waals surface area contributed by atoms with E-state index in [2.05, 4.69) is 24.3 Å². The quantitative estimate of drug-likeness (QED) is 0.675. The molecule has 0 radical (unpaired) electrons. The molecule has 0 aliphatic carbocycles. The lowest BCUT2D eigenvalue weighted by Crippen LogP contribution is -2.14. The lowest BCUT2D eigenvalue weighted by atomic mass is 10.1. The Bertz CT molecular complexity index is 819. The molecular weight excluding hydrogens is 374 g/mol. The molecule has 2 N–H and O–H groups in total. The molecule has 0 saturated heterocycles. The van der Waals surface area contributed by atoms with E-state index >= 15 is 0 Å². The Balaban J connectivity index is 2.12. The molecule has 146 valence electrons. The van der Waals surface area contributed by atoms with Crippen molar-refractivity contribution in [1.29, 1.82) is 0 Å². The summed E-state index contributed by atoms with van der Waals surface area (Å²) in [6, 6.07) is 4.52. The zero-order valence-electron chi connectivity index (χ0n) is 15.4. The first kappa shape index (κ1) is 20.6. The van der Waals surface area contributed by atoms with Crippen molar-refractivity contribution in [2.45, 2.75) is 26.8 Å². The zero-order valence-corrected chi connectivity index (χ0v) is 16.1. The first-order valence-electron chi connectivity index (χ1n) is 8.37. The molecule has 9 heteroatoms. The average molecular weight is 396 g/mol. The number of ether oxygens (including phenoxy) is 2. The molecule has 0 atom stereocenters. The molecule has 27 heavy (non-hydrogen) atoms. The number of carboxylic acids is 1. The van der Waals surface area contributed by atoms with Crippen LogP contribution in [0, 0.1) is 5.92 Å². The molecule has 0 aliphatic heterocycles. The Morgan fingerprint density at radius 2 is 2.11 bits per heavy atom. The topological polar surface area (TPSA) is 103 Å². The predicted molar refractivity (Wildman–Crippen MR) is 101 cm³/mol. The van der Waals surface area contributed by atoms with E-state index in [9.17, 15) is 9.59 Å². The molecule has 0 bridgehead atoms. The number of carboxylic acid groups (broad SMARTS) is 1. The van der Waals surface area contributed by atoms with Gasteiger partial charge < -0.3 is 19.9 Å². The zero-order chi connectivity index (χ0) is 20.0. The molecule has 2 aromatic rings. The number of rotatable bonds is 9. The summed E-state index contributed by atoms with van der Waals surface area (Å²) in [5.74, 6) is -0.0191. The average Bonchev–Trinajstić information content (AvgIpc) is 3.01. The van der Waals surface area contributed by atoms with Crippen LogP contribution in [0.1, 0.15) is 30.6 Å². The van der Waals surface area contributed by atoms with E-state index in [0.717, 1.165) is 6.42 Å². The molecule has 0 unspecified atom stereocenters. The van der Waals surface area contributed by atoms with Crippen LogP contribution in [0.2, 0.25) is 5.02 Å². The third-order valence-corrected chi connectivity index (χ3v) is 3.89. The third kappa shape index (κ3) is 5.89. The van der Waals surface area contributed by atoms with Gasteiger partial charge in [-0.15, -0.1) is 0 Å². The van der Waals surface area contributed by atoms with Gasteiger partial charge in [-0.1, -0.05) is 25.4 Å². The normalized spacial score (nSPS) is 10.7. The van der Waals surface area contributed by atoms with Crippen LogP contribution < -0.4 is 14.8 Å². The SMILES string of the molecule is COc1cc(C(=O)Nc2ccn(CC(=O)O)n2)cc(Cl)c1OCCC(C)C. The number of carbonyl (C=O) groups excluding carboxylic acids is 1. The third-order valence-electron chi connectivity index (χ3n) is 3.61. The van der Waals surface area contributed by atoms with E-state index in [1.54, 1.807) is 0 Å². The summed E-state index contributed by atoms with van der Waals surface area (Å²) < 4.78 is 12.2. The van der Waals surface area contributed by atoms with E-state index in [-0.39, 0.29) is 22.9 Å². The number of hydrogen-bond acceptors (Lipinski definition) is 5. The van der Waals surface area contributed by atoms with Gasteiger partial charge in [-0.05, 0) is 24.5 Å². The predicted octanol–water partition coefficient (Wildman–Crippen LogP) is 3.31. The molecule has 2 rings (SSSR count). The van der Waals surface area contributed by atoms with Crippen LogP contribution in [0.3, 0.4) is 0 Å². The van der Waals surface area contributed by atoms with Crippen molar-refractivity contribution in [3.8, 4) is 11.5 Å². The van der Waals surface area contributed by atoms with Gasteiger partial charge in [0.15, 0.2) is 17.3 Å². The summed E-state index contributed by atoms with van der Waals surface area (Å²) >= 11 is 6.27. The number of aliphatic carboxylic acids is 1. The second-order valence-electron chi connectivity index (χ2n) is 6.27. The van der Waals surface area contributed by atoms with Gasteiger partial charge in [0.2, 0.25) is 0 Å².